The lowest BCUT2D eigenvalue weighted by atomic mass is 9.90. The first-order valence-electron chi connectivity index (χ1n) is 11.9. The lowest BCUT2D eigenvalue weighted by Crippen LogP contribution is -2.35. The molecule has 1 aliphatic heterocycles. The van der Waals surface area contributed by atoms with Gasteiger partial charge in [0.15, 0.2) is 0 Å². The van der Waals surface area contributed by atoms with Crippen molar-refractivity contribution >= 4 is 17.4 Å². The van der Waals surface area contributed by atoms with Gasteiger partial charge in [-0.3, -0.25) is 4.79 Å². The highest BCUT2D eigenvalue weighted by molar-refractivity contribution is 6.11. The summed E-state index contributed by atoms with van der Waals surface area (Å²) in [6.07, 6.45) is 3.84. The Morgan fingerprint density at radius 2 is 1.86 bits per heavy atom. The zero-order valence-electron chi connectivity index (χ0n) is 19.5. The number of carbonyl (C=O) groups excluding carboxylic acids is 1. The topological polar surface area (TPSA) is 92.3 Å². The number of hydrogen-bond donors (Lipinski definition) is 2. The van der Waals surface area contributed by atoms with Gasteiger partial charge in [-0.1, -0.05) is 60.7 Å². The molecule has 0 bridgehead atoms. The van der Waals surface area contributed by atoms with Crippen LogP contribution in [0.25, 0.3) is 11.1 Å². The van der Waals surface area contributed by atoms with Crippen LogP contribution in [0, 0.1) is 0 Å². The average molecular weight is 471 g/mol. The first-order valence-corrected chi connectivity index (χ1v) is 11.9. The SMILES string of the molecule is Nc1ncc(-c2ccccc2CO)cc1C(=O)c1cccc(N2CCCC(c3ccccc3)C2)n1.[HH].[HH].[HH]. The van der Waals surface area contributed by atoms with Gasteiger partial charge in [-0.15, -0.1) is 0 Å². The van der Waals surface area contributed by atoms with E-state index in [1.165, 1.54) is 5.56 Å². The van der Waals surface area contributed by atoms with E-state index in [0.29, 0.717) is 17.2 Å². The Morgan fingerprint density at radius 1 is 1.06 bits per heavy atom. The van der Waals surface area contributed by atoms with Gasteiger partial charge >= 0.3 is 0 Å². The monoisotopic (exact) mass is 470 g/mol. The Morgan fingerprint density at radius 3 is 2.69 bits per heavy atom. The highest BCUT2D eigenvalue weighted by Gasteiger charge is 2.23. The van der Waals surface area contributed by atoms with Crippen molar-refractivity contribution in [3.63, 3.8) is 0 Å². The molecule has 3 heterocycles. The second-order valence-corrected chi connectivity index (χ2v) is 8.88. The summed E-state index contributed by atoms with van der Waals surface area (Å²) in [6.45, 7) is 1.67. The van der Waals surface area contributed by atoms with Gasteiger partial charge in [-0.05, 0) is 47.7 Å². The highest BCUT2D eigenvalue weighted by Crippen LogP contribution is 2.30. The Balaban J connectivity index is 0.00000169. The zero-order chi connectivity index (χ0) is 24.2. The second kappa shape index (κ2) is 10.1. The number of aromatic nitrogens is 2. The normalized spacial score (nSPS) is 15.7. The molecule has 2 aromatic carbocycles. The number of pyridine rings is 2. The number of aliphatic hydroxyl groups is 1. The van der Waals surface area contributed by atoms with Gasteiger partial charge in [-0.2, -0.15) is 0 Å². The summed E-state index contributed by atoms with van der Waals surface area (Å²) in [6, 6.07) is 25.3. The molecule has 2 aromatic heterocycles. The molecule has 1 unspecified atom stereocenters. The van der Waals surface area contributed by atoms with Gasteiger partial charge in [0.2, 0.25) is 5.78 Å². The van der Waals surface area contributed by atoms with E-state index in [9.17, 15) is 9.90 Å². The molecule has 0 spiro atoms. The molecule has 0 radical (unpaired) electrons. The molecule has 5 rings (SSSR count). The number of carbonyl (C=O) groups is 1. The second-order valence-electron chi connectivity index (χ2n) is 8.88. The first kappa shape index (κ1) is 22.7. The van der Waals surface area contributed by atoms with E-state index in [4.69, 9.17) is 10.7 Å². The van der Waals surface area contributed by atoms with E-state index in [0.717, 1.165) is 48.4 Å². The molecule has 0 saturated carbocycles. The van der Waals surface area contributed by atoms with E-state index in [-0.39, 0.29) is 22.5 Å². The summed E-state index contributed by atoms with van der Waals surface area (Å²) in [5, 5.41) is 9.71. The van der Waals surface area contributed by atoms with Gasteiger partial charge in [0.25, 0.3) is 0 Å². The summed E-state index contributed by atoms with van der Waals surface area (Å²) >= 11 is 0. The van der Waals surface area contributed by atoms with E-state index >= 15 is 0 Å². The fraction of sp³-hybridized carbons (Fsp3) is 0.207. The number of nitrogen functional groups attached to an aromatic ring is 1. The molecule has 4 aromatic rings. The molecule has 35 heavy (non-hydrogen) atoms. The van der Waals surface area contributed by atoms with Crippen LogP contribution in [0.3, 0.4) is 0 Å². The van der Waals surface area contributed by atoms with Crippen LogP contribution in [0.4, 0.5) is 11.6 Å². The van der Waals surface area contributed by atoms with Crippen LogP contribution in [0.1, 0.15) is 50.2 Å². The van der Waals surface area contributed by atoms with Gasteiger partial charge in [0.05, 0.1) is 12.2 Å². The molecule has 1 atom stereocenters. The van der Waals surface area contributed by atoms with E-state index in [2.05, 4.69) is 34.1 Å². The van der Waals surface area contributed by atoms with Crippen molar-refractivity contribution in [1.29, 1.82) is 0 Å². The predicted molar refractivity (Wildman–Crippen MR) is 145 cm³/mol. The number of piperidine rings is 1. The van der Waals surface area contributed by atoms with Crippen LogP contribution in [0.5, 0.6) is 0 Å². The fourth-order valence-electron chi connectivity index (χ4n) is 4.79. The summed E-state index contributed by atoms with van der Waals surface area (Å²) < 4.78 is 0. The van der Waals surface area contributed by atoms with Crippen molar-refractivity contribution in [1.82, 2.24) is 9.97 Å². The lowest BCUT2D eigenvalue weighted by molar-refractivity contribution is 0.103. The average Bonchev–Trinajstić information content (AvgIpc) is 2.93. The first-order chi connectivity index (χ1) is 17.1. The molecule has 0 amide bonds. The quantitative estimate of drug-likeness (QED) is 0.358. The summed E-state index contributed by atoms with van der Waals surface area (Å²) in [7, 11) is 0. The number of anilines is 2. The van der Waals surface area contributed by atoms with Gasteiger partial charge in [0.1, 0.15) is 17.3 Å². The molecule has 6 nitrogen and oxygen atoms in total. The van der Waals surface area contributed by atoms with Crippen LogP contribution in [-0.2, 0) is 6.61 Å². The number of nitrogens with two attached hydrogens (primary N) is 1. The minimum atomic E-state index is -0.267. The Labute approximate surface area is 209 Å². The van der Waals surface area contributed by atoms with E-state index in [1.54, 1.807) is 18.3 Å². The molecule has 6 heteroatoms. The number of ketones is 1. The van der Waals surface area contributed by atoms with E-state index < -0.39 is 0 Å². The van der Waals surface area contributed by atoms with Crippen molar-refractivity contribution in [2.45, 2.75) is 25.4 Å². The largest absolute Gasteiger partial charge is 0.392 e. The van der Waals surface area contributed by atoms with Crippen molar-refractivity contribution in [2.75, 3.05) is 23.7 Å². The summed E-state index contributed by atoms with van der Waals surface area (Å²) in [5.74, 6) is 1.13. The van der Waals surface area contributed by atoms with Crippen molar-refractivity contribution in [2.24, 2.45) is 0 Å². The summed E-state index contributed by atoms with van der Waals surface area (Å²) in [4.78, 5) is 24.7. The lowest BCUT2D eigenvalue weighted by Gasteiger charge is -2.34. The Bertz CT molecular complexity index is 1350. The molecule has 1 aliphatic rings. The standard InChI is InChI=1S/C29H28N4O2.3H2/c30-29-25(16-23(17-31-29)24-12-5-4-10-22(24)19-34)28(35)26-13-6-14-27(32-26)33-15-7-11-21(18-33)20-8-2-1-3-9-20;;;/h1-6,8-10,12-14,16-17,21,34H,7,11,15,18-19H2,(H2,30,31);3*1H. The van der Waals surface area contributed by atoms with Crippen molar-refractivity contribution in [3.8, 4) is 11.1 Å². The van der Waals surface area contributed by atoms with Crippen LogP contribution >= 0.6 is 0 Å². The highest BCUT2D eigenvalue weighted by atomic mass is 16.3. The fourth-order valence-corrected chi connectivity index (χ4v) is 4.79. The molecule has 1 saturated heterocycles. The maximum Gasteiger partial charge on any atom is 0.215 e. The van der Waals surface area contributed by atoms with Crippen LogP contribution in [0.15, 0.2) is 85.1 Å². The minimum absolute atomic E-state index is 0. The number of nitrogens with zero attached hydrogens (tertiary/aromatic N) is 3. The van der Waals surface area contributed by atoms with Gasteiger partial charge < -0.3 is 15.7 Å². The maximum atomic E-state index is 13.5. The summed E-state index contributed by atoms with van der Waals surface area (Å²) in [5.41, 5.74) is 10.4. The van der Waals surface area contributed by atoms with Gasteiger partial charge in [-0.25, -0.2) is 9.97 Å². The molecule has 0 aliphatic carbocycles. The number of rotatable bonds is 6. The van der Waals surface area contributed by atoms with E-state index in [1.807, 2.05) is 42.5 Å². The molecule has 1 fully saturated rings. The Hall–Kier alpha value is -4.03. The third-order valence-corrected chi connectivity index (χ3v) is 6.65. The zero-order valence-corrected chi connectivity index (χ0v) is 19.5. The smallest absolute Gasteiger partial charge is 0.215 e. The van der Waals surface area contributed by atoms with Crippen LogP contribution < -0.4 is 10.6 Å². The Kier molecular flexibility index (Phi) is 6.55. The number of hydrogen-bond acceptors (Lipinski definition) is 6. The maximum absolute atomic E-state index is 13.5. The molecular weight excluding hydrogens is 436 g/mol. The minimum Gasteiger partial charge on any atom is -0.392 e. The third kappa shape index (κ3) is 4.79. The predicted octanol–water partition coefficient (Wildman–Crippen LogP) is 5.57. The van der Waals surface area contributed by atoms with Crippen molar-refractivity contribution < 1.29 is 14.2 Å². The van der Waals surface area contributed by atoms with Crippen molar-refractivity contribution in [3.05, 3.63) is 107 Å². The van der Waals surface area contributed by atoms with Gasteiger partial charge in [0, 0.05) is 35.0 Å². The molecule has 182 valence electrons. The molecule has 3 N–H and O–H groups in total. The third-order valence-electron chi connectivity index (χ3n) is 6.65. The van der Waals surface area contributed by atoms with Crippen LogP contribution in [-0.4, -0.2) is 33.9 Å². The van der Waals surface area contributed by atoms with Crippen LogP contribution in [0.2, 0.25) is 0 Å². The number of benzene rings is 2. The molecular formula is C29H34N4O2. The number of aliphatic hydroxyl groups excluding tert-OH is 1.